The van der Waals surface area contributed by atoms with Crippen molar-refractivity contribution in [1.29, 1.82) is 0 Å². The molecule has 2 saturated carbocycles. The van der Waals surface area contributed by atoms with E-state index in [2.05, 4.69) is 20.0 Å². The van der Waals surface area contributed by atoms with Gasteiger partial charge in [0.25, 0.3) is 5.91 Å². The van der Waals surface area contributed by atoms with E-state index in [1.54, 1.807) is 26.0 Å². The molecule has 0 unspecified atom stereocenters. The molecule has 2 aliphatic heterocycles. The van der Waals surface area contributed by atoms with Gasteiger partial charge in [-0.1, -0.05) is 26.0 Å². The number of carbonyl (C=O) groups is 4. The SMILES string of the molecule is CCOc1ccc2nc(C(F)(F)F)c(O[C@@H]3C[C@H]4C(=O)N[C@]5(C(=O)NS(=O)(=O)C6(C)CC6)C[C@H]5C=CCC[C@H](C)C[C@@H](C)[C@H](N(C(=O)O)C(C)(C)C(F)(F)F)C(=O)N4C3)nc2c1. The highest BCUT2D eigenvalue weighted by Gasteiger charge is 2.64. The number of rotatable bonds is 9. The summed E-state index contributed by atoms with van der Waals surface area (Å²) in [6, 6.07) is 0.0811. The number of alkyl halides is 6. The van der Waals surface area contributed by atoms with E-state index in [-0.39, 0.29) is 59.9 Å². The first-order chi connectivity index (χ1) is 28.7. The molecule has 1 aromatic heterocycles. The number of aromatic nitrogens is 2. The fraction of sp³-hybridized carbons (Fsp3) is 0.650. The highest BCUT2D eigenvalue weighted by Crippen LogP contribution is 2.48. The number of nitrogens with zero attached hydrogens (tertiary/aromatic N) is 4. The first-order valence-corrected chi connectivity index (χ1v) is 21.8. The van der Waals surface area contributed by atoms with Crippen molar-refractivity contribution in [2.75, 3.05) is 13.2 Å². The zero-order valence-corrected chi connectivity index (χ0v) is 35.7. The maximum Gasteiger partial charge on any atom is 0.438 e. The van der Waals surface area contributed by atoms with Gasteiger partial charge in [0.15, 0.2) is 0 Å². The Hall–Kier alpha value is -4.89. The van der Waals surface area contributed by atoms with Crippen molar-refractivity contribution in [1.82, 2.24) is 29.8 Å². The maximum absolute atomic E-state index is 15.0. The molecule has 1 aromatic carbocycles. The Morgan fingerprint density at radius 2 is 1.74 bits per heavy atom. The number of ether oxygens (including phenoxy) is 2. The molecule has 0 radical (unpaired) electrons. The predicted molar refractivity (Wildman–Crippen MR) is 209 cm³/mol. The van der Waals surface area contributed by atoms with Crippen LogP contribution in [0.2, 0.25) is 0 Å². The third-order valence-corrected chi connectivity index (χ3v) is 14.6. The molecule has 0 bridgehead atoms. The van der Waals surface area contributed by atoms with E-state index < -0.39 is 117 Å². The van der Waals surface area contributed by atoms with E-state index in [0.717, 1.165) is 4.90 Å². The smallest absolute Gasteiger partial charge is 0.438 e. The predicted octanol–water partition coefficient (Wildman–Crippen LogP) is 5.97. The van der Waals surface area contributed by atoms with Gasteiger partial charge in [-0.25, -0.2) is 23.2 Å². The molecule has 3 fully saturated rings. The second kappa shape index (κ2) is 16.3. The van der Waals surface area contributed by atoms with E-state index in [1.165, 1.54) is 32.0 Å². The molecule has 15 nitrogen and oxygen atoms in total. The number of hydrogen-bond donors (Lipinski definition) is 3. The molecule has 4 aliphatic rings. The van der Waals surface area contributed by atoms with Crippen molar-refractivity contribution < 1.29 is 68.5 Å². The van der Waals surface area contributed by atoms with Gasteiger partial charge in [-0.05, 0) is 90.2 Å². The molecule has 6 rings (SSSR count). The van der Waals surface area contributed by atoms with Gasteiger partial charge in [-0.15, -0.1) is 0 Å². The first-order valence-electron chi connectivity index (χ1n) is 20.3. The van der Waals surface area contributed by atoms with E-state index in [1.807, 2.05) is 0 Å². The van der Waals surface area contributed by atoms with Gasteiger partial charge in [0.1, 0.15) is 35.0 Å². The van der Waals surface area contributed by atoms with Crippen molar-refractivity contribution in [2.45, 2.75) is 133 Å². The van der Waals surface area contributed by atoms with Gasteiger partial charge in [-0.3, -0.25) is 24.0 Å². The highest BCUT2D eigenvalue weighted by molar-refractivity contribution is 7.91. The number of nitrogens with one attached hydrogen (secondary N) is 2. The van der Waals surface area contributed by atoms with Crippen LogP contribution < -0.4 is 19.5 Å². The van der Waals surface area contributed by atoms with Crippen molar-refractivity contribution in [3.63, 3.8) is 0 Å². The summed E-state index contributed by atoms with van der Waals surface area (Å²) in [5.41, 5.74) is -6.87. The number of amides is 4. The van der Waals surface area contributed by atoms with Crippen LogP contribution in [0.3, 0.4) is 0 Å². The molecule has 3 N–H and O–H groups in total. The monoisotopic (exact) mass is 904 g/mol. The zero-order chi connectivity index (χ0) is 46.0. The summed E-state index contributed by atoms with van der Waals surface area (Å²) in [7, 11) is -4.23. The summed E-state index contributed by atoms with van der Waals surface area (Å²) in [5, 5.41) is 13.0. The van der Waals surface area contributed by atoms with Crippen molar-refractivity contribution in [3.05, 3.63) is 36.0 Å². The minimum Gasteiger partial charge on any atom is -0.494 e. The quantitative estimate of drug-likeness (QED) is 0.198. The molecular formula is C40H50F6N6O9S. The lowest BCUT2D eigenvalue weighted by atomic mass is 9.85. The molecule has 7 atom stereocenters. The Kier molecular flexibility index (Phi) is 12.3. The maximum atomic E-state index is 15.0. The average molecular weight is 905 g/mol. The molecular weight excluding hydrogens is 855 g/mol. The van der Waals surface area contributed by atoms with Crippen LogP contribution in [-0.4, -0.2) is 110 Å². The lowest BCUT2D eigenvalue weighted by Crippen LogP contribution is -2.66. The standard InChI is InChI=1S/C40H50F6N6O9S/c1-7-60-24-12-13-26-27(17-24)48-32(30(47-26)39(41,42)43)61-25-18-28-31(53)49-38(34(55)50-62(58,59)37(6)14-15-37)19-23(38)11-9-8-10-21(2)16-22(3)29(33(54)51(28)20-25)52(35(56)57)36(4,5)40(44,45)46/h9,11-13,17,21-23,25,28-29H,7-8,10,14-16,18-20H2,1-6H3,(H,49,53)(H,50,55)(H,56,57)/t21-,22+,23+,25+,28-,29-,38+/m0/s1. The molecule has 1 saturated heterocycles. The summed E-state index contributed by atoms with van der Waals surface area (Å²) in [4.78, 5) is 64.9. The molecule has 22 heteroatoms. The molecule has 2 aromatic rings. The number of fused-ring (bicyclic) bond motifs is 3. The number of halogens is 6. The van der Waals surface area contributed by atoms with Crippen molar-refractivity contribution in [2.24, 2.45) is 17.8 Å². The minimum absolute atomic E-state index is 0.00440. The first kappa shape index (κ1) is 46.6. The van der Waals surface area contributed by atoms with Crippen LogP contribution in [0.15, 0.2) is 30.4 Å². The lowest BCUT2D eigenvalue weighted by Gasteiger charge is -2.45. The van der Waals surface area contributed by atoms with Gasteiger partial charge >= 0.3 is 18.4 Å². The van der Waals surface area contributed by atoms with Crippen LogP contribution >= 0.6 is 0 Å². The largest absolute Gasteiger partial charge is 0.494 e. The topological polar surface area (TPSA) is 197 Å². The second-order valence-electron chi connectivity index (χ2n) is 17.6. The molecule has 342 valence electrons. The minimum atomic E-state index is -5.21. The third kappa shape index (κ3) is 8.97. The number of carboxylic acid groups (broad SMARTS) is 1. The summed E-state index contributed by atoms with van der Waals surface area (Å²) >= 11 is 0. The third-order valence-electron chi connectivity index (χ3n) is 12.4. The highest BCUT2D eigenvalue weighted by atomic mass is 32.2. The summed E-state index contributed by atoms with van der Waals surface area (Å²) in [6.07, 6.45) is -9.96. The second-order valence-corrected chi connectivity index (χ2v) is 19.8. The van der Waals surface area contributed by atoms with Crippen LogP contribution in [0.5, 0.6) is 11.6 Å². The van der Waals surface area contributed by atoms with Crippen LogP contribution in [-0.2, 0) is 30.6 Å². The average Bonchev–Trinajstić information content (AvgIpc) is 4.03. The Labute approximate surface area is 354 Å². The van der Waals surface area contributed by atoms with E-state index in [9.17, 15) is 59.0 Å². The van der Waals surface area contributed by atoms with Gasteiger partial charge in [0.2, 0.25) is 33.4 Å². The lowest BCUT2D eigenvalue weighted by molar-refractivity contribution is -0.222. The Morgan fingerprint density at radius 1 is 1.06 bits per heavy atom. The van der Waals surface area contributed by atoms with Gasteiger partial charge in [-0.2, -0.15) is 26.3 Å². The number of carbonyl (C=O) groups excluding carboxylic acids is 3. The number of hydrogen-bond acceptors (Lipinski definition) is 10. The Morgan fingerprint density at radius 3 is 2.34 bits per heavy atom. The Bertz CT molecular complexity index is 2250. The normalized spacial score (nSPS) is 28.2. The molecule has 62 heavy (non-hydrogen) atoms. The van der Waals surface area contributed by atoms with Crippen molar-refractivity contribution >= 4 is 44.9 Å². The van der Waals surface area contributed by atoms with Crippen LogP contribution in [0.1, 0.15) is 92.2 Å². The van der Waals surface area contributed by atoms with Crippen LogP contribution in [0.25, 0.3) is 11.0 Å². The van der Waals surface area contributed by atoms with Gasteiger partial charge < -0.3 is 24.8 Å². The molecule has 3 heterocycles. The number of benzene rings is 1. The molecule has 0 spiro atoms. The Balaban J connectivity index is 1.45. The summed E-state index contributed by atoms with van der Waals surface area (Å²) in [6.45, 7) is 6.93. The van der Waals surface area contributed by atoms with Gasteiger partial charge in [0.05, 0.1) is 28.9 Å². The van der Waals surface area contributed by atoms with E-state index in [4.69, 9.17) is 9.47 Å². The zero-order valence-electron chi connectivity index (χ0n) is 34.9. The van der Waals surface area contributed by atoms with Crippen LogP contribution in [0.4, 0.5) is 31.1 Å². The molecule has 4 amide bonds. The fourth-order valence-electron chi connectivity index (χ4n) is 8.28. The summed E-state index contributed by atoms with van der Waals surface area (Å²) < 4.78 is 126. The van der Waals surface area contributed by atoms with Crippen LogP contribution in [0, 0.1) is 17.8 Å². The number of sulfonamides is 1. The van der Waals surface area contributed by atoms with Crippen molar-refractivity contribution in [3.8, 4) is 11.6 Å². The van der Waals surface area contributed by atoms with Gasteiger partial charge in [0, 0.05) is 18.4 Å². The summed E-state index contributed by atoms with van der Waals surface area (Å²) in [5.74, 6) is -6.42. The van der Waals surface area contributed by atoms with E-state index in [0.29, 0.717) is 26.7 Å². The fourth-order valence-corrected chi connectivity index (χ4v) is 9.60. The van der Waals surface area contributed by atoms with E-state index >= 15 is 0 Å². The number of allylic oxidation sites excluding steroid dienone is 1. The molecule has 2 aliphatic carbocycles.